The van der Waals surface area contributed by atoms with E-state index in [0.29, 0.717) is 37.6 Å². The number of fused-ring (bicyclic) bond motifs is 1. The molecular weight excluding hydrogens is 475 g/mol. The van der Waals surface area contributed by atoms with Gasteiger partial charge in [0.25, 0.3) is 0 Å². The van der Waals surface area contributed by atoms with Gasteiger partial charge in [-0.25, -0.2) is 8.42 Å². The third kappa shape index (κ3) is 4.69. The molecular formula is C22H24Cl2N2O5S. The molecule has 0 bridgehead atoms. The standard InChI is InChI=1S/C22H24Cl2N2O5S/c1-14(16-5-6-18-19(13-16)31-12-11-30-18)25-22(27)15-7-9-26(10-8-15)32(28,29)20-4-2-3-17(23)21(20)24/h2-6,13-15H,7-12H2,1H3,(H,25,27). The van der Waals surface area contributed by atoms with Crippen LogP contribution in [0.2, 0.25) is 10.0 Å². The highest BCUT2D eigenvalue weighted by Crippen LogP contribution is 2.34. The fraction of sp³-hybridized carbons (Fsp3) is 0.409. The number of ether oxygens (including phenoxy) is 2. The summed E-state index contributed by atoms with van der Waals surface area (Å²) in [6.45, 7) is 3.41. The second-order valence-electron chi connectivity index (χ2n) is 7.86. The largest absolute Gasteiger partial charge is 0.486 e. The van der Waals surface area contributed by atoms with Crippen LogP contribution < -0.4 is 14.8 Å². The molecule has 4 rings (SSSR count). The maximum atomic E-state index is 13.0. The molecule has 0 radical (unpaired) electrons. The van der Waals surface area contributed by atoms with Gasteiger partial charge in [0, 0.05) is 19.0 Å². The van der Waals surface area contributed by atoms with E-state index in [0.717, 1.165) is 5.56 Å². The SMILES string of the molecule is CC(NC(=O)C1CCN(S(=O)(=O)c2cccc(Cl)c2Cl)CC1)c1ccc2c(c1)OCCO2. The predicted molar refractivity (Wildman–Crippen MR) is 122 cm³/mol. The van der Waals surface area contributed by atoms with Gasteiger partial charge in [0.05, 0.1) is 16.1 Å². The highest BCUT2D eigenvalue weighted by Gasteiger charge is 2.34. The van der Waals surface area contributed by atoms with E-state index in [1.807, 2.05) is 25.1 Å². The number of carbonyl (C=O) groups excluding carboxylic acids is 1. The Hall–Kier alpha value is -2.00. The van der Waals surface area contributed by atoms with Gasteiger partial charge in [0.1, 0.15) is 18.1 Å². The Kier molecular flexibility index (Phi) is 6.86. The fourth-order valence-electron chi connectivity index (χ4n) is 3.92. The van der Waals surface area contributed by atoms with Crippen LogP contribution in [0, 0.1) is 5.92 Å². The van der Waals surface area contributed by atoms with E-state index in [9.17, 15) is 13.2 Å². The van der Waals surface area contributed by atoms with Crippen molar-refractivity contribution in [2.24, 2.45) is 5.92 Å². The number of amides is 1. The van der Waals surface area contributed by atoms with Crippen molar-refractivity contribution in [2.75, 3.05) is 26.3 Å². The van der Waals surface area contributed by atoms with Crippen LogP contribution in [-0.2, 0) is 14.8 Å². The number of halogens is 2. The number of hydrogen-bond acceptors (Lipinski definition) is 5. The molecule has 0 aliphatic carbocycles. The highest BCUT2D eigenvalue weighted by atomic mass is 35.5. The zero-order valence-corrected chi connectivity index (χ0v) is 19.8. The summed E-state index contributed by atoms with van der Waals surface area (Å²) in [5.74, 6) is 1.01. The van der Waals surface area contributed by atoms with Crippen molar-refractivity contribution >= 4 is 39.1 Å². The number of hydrogen-bond donors (Lipinski definition) is 1. The van der Waals surface area contributed by atoms with Gasteiger partial charge in [-0.05, 0) is 49.6 Å². The predicted octanol–water partition coefficient (Wildman–Crippen LogP) is 4.04. The monoisotopic (exact) mass is 498 g/mol. The maximum Gasteiger partial charge on any atom is 0.244 e. The zero-order chi connectivity index (χ0) is 22.9. The summed E-state index contributed by atoms with van der Waals surface area (Å²) < 4.78 is 38.5. The van der Waals surface area contributed by atoms with E-state index in [1.54, 1.807) is 12.1 Å². The van der Waals surface area contributed by atoms with Crippen molar-refractivity contribution in [3.05, 3.63) is 52.0 Å². The molecule has 0 aromatic heterocycles. The zero-order valence-electron chi connectivity index (χ0n) is 17.5. The highest BCUT2D eigenvalue weighted by molar-refractivity contribution is 7.89. The summed E-state index contributed by atoms with van der Waals surface area (Å²) in [5, 5.41) is 3.24. The van der Waals surface area contributed by atoms with Crippen LogP contribution in [0.1, 0.15) is 31.4 Å². The Bertz CT molecular complexity index is 1120. The van der Waals surface area contributed by atoms with Gasteiger partial charge in [0.2, 0.25) is 15.9 Å². The van der Waals surface area contributed by atoms with Crippen molar-refractivity contribution in [3.8, 4) is 11.5 Å². The van der Waals surface area contributed by atoms with Gasteiger partial charge in [-0.1, -0.05) is 35.3 Å². The number of benzene rings is 2. The van der Waals surface area contributed by atoms with E-state index in [2.05, 4.69) is 5.32 Å². The summed E-state index contributed by atoms with van der Waals surface area (Å²) in [7, 11) is -3.78. The van der Waals surface area contributed by atoms with Crippen LogP contribution in [-0.4, -0.2) is 44.9 Å². The van der Waals surface area contributed by atoms with Gasteiger partial charge in [-0.3, -0.25) is 4.79 Å². The average Bonchev–Trinajstić information content (AvgIpc) is 2.80. The lowest BCUT2D eigenvalue weighted by atomic mass is 9.96. The first-order chi connectivity index (χ1) is 15.3. The van der Waals surface area contributed by atoms with Crippen LogP contribution >= 0.6 is 23.2 Å². The first kappa shape index (κ1) is 23.2. The lowest BCUT2D eigenvalue weighted by molar-refractivity contribution is -0.126. The molecule has 10 heteroatoms. The fourth-order valence-corrected chi connectivity index (χ4v) is 6.13. The number of carbonyl (C=O) groups is 1. The van der Waals surface area contributed by atoms with Crippen LogP contribution in [0.5, 0.6) is 11.5 Å². The third-order valence-corrected chi connectivity index (χ3v) is 8.66. The third-order valence-electron chi connectivity index (χ3n) is 5.78. The normalized spacial score (nSPS) is 18.2. The first-order valence-corrected chi connectivity index (χ1v) is 12.6. The van der Waals surface area contributed by atoms with Crippen LogP contribution in [0.25, 0.3) is 0 Å². The molecule has 1 atom stereocenters. The first-order valence-electron chi connectivity index (χ1n) is 10.4. The Morgan fingerprint density at radius 3 is 2.50 bits per heavy atom. The van der Waals surface area contributed by atoms with E-state index >= 15 is 0 Å². The van der Waals surface area contributed by atoms with Crippen molar-refractivity contribution in [3.63, 3.8) is 0 Å². The Morgan fingerprint density at radius 2 is 1.78 bits per heavy atom. The Balaban J connectivity index is 1.37. The topological polar surface area (TPSA) is 84.9 Å². The molecule has 1 N–H and O–H groups in total. The van der Waals surface area contributed by atoms with Crippen molar-refractivity contribution in [1.82, 2.24) is 9.62 Å². The molecule has 2 heterocycles. The maximum absolute atomic E-state index is 13.0. The minimum Gasteiger partial charge on any atom is -0.486 e. The van der Waals surface area contributed by atoms with E-state index < -0.39 is 10.0 Å². The summed E-state index contributed by atoms with van der Waals surface area (Å²) >= 11 is 12.1. The Morgan fingerprint density at radius 1 is 1.09 bits per heavy atom. The smallest absolute Gasteiger partial charge is 0.244 e. The van der Waals surface area contributed by atoms with E-state index in [-0.39, 0.29) is 45.9 Å². The van der Waals surface area contributed by atoms with Crippen LogP contribution in [0.15, 0.2) is 41.3 Å². The average molecular weight is 499 g/mol. The number of piperidine rings is 1. The van der Waals surface area contributed by atoms with E-state index in [4.69, 9.17) is 32.7 Å². The molecule has 1 amide bonds. The number of sulfonamides is 1. The molecule has 0 spiro atoms. The van der Waals surface area contributed by atoms with Crippen LogP contribution in [0.3, 0.4) is 0 Å². The van der Waals surface area contributed by atoms with Gasteiger partial charge in [-0.15, -0.1) is 0 Å². The second kappa shape index (κ2) is 9.47. The molecule has 1 unspecified atom stereocenters. The molecule has 172 valence electrons. The lowest BCUT2D eigenvalue weighted by Gasteiger charge is -2.31. The van der Waals surface area contributed by atoms with Crippen LogP contribution in [0.4, 0.5) is 0 Å². The number of nitrogens with zero attached hydrogens (tertiary/aromatic N) is 1. The molecule has 2 aliphatic heterocycles. The van der Waals surface area contributed by atoms with Gasteiger partial charge in [0.15, 0.2) is 11.5 Å². The molecule has 7 nitrogen and oxygen atoms in total. The minimum absolute atomic E-state index is 0.0122. The molecule has 2 aliphatic rings. The van der Waals surface area contributed by atoms with E-state index in [1.165, 1.54) is 10.4 Å². The minimum atomic E-state index is -3.78. The molecule has 2 aromatic rings. The summed E-state index contributed by atoms with van der Waals surface area (Å²) in [6, 6.07) is 9.95. The van der Waals surface area contributed by atoms with Crippen molar-refractivity contribution < 1.29 is 22.7 Å². The van der Waals surface area contributed by atoms with Crippen molar-refractivity contribution in [1.29, 1.82) is 0 Å². The number of nitrogens with one attached hydrogen (secondary N) is 1. The van der Waals surface area contributed by atoms with Crippen molar-refractivity contribution in [2.45, 2.75) is 30.7 Å². The van der Waals surface area contributed by atoms with Gasteiger partial charge < -0.3 is 14.8 Å². The molecule has 1 fully saturated rings. The number of rotatable bonds is 5. The van der Waals surface area contributed by atoms with Gasteiger partial charge in [-0.2, -0.15) is 4.31 Å². The summed E-state index contributed by atoms with van der Waals surface area (Å²) in [6.07, 6.45) is 0.855. The summed E-state index contributed by atoms with van der Waals surface area (Å²) in [4.78, 5) is 12.8. The summed E-state index contributed by atoms with van der Waals surface area (Å²) in [5.41, 5.74) is 0.915. The second-order valence-corrected chi connectivity index (χ2v) is 10.6. The lowest BCUT2D eigenvalue weighted by Crippen LogP contribution is -2.43. The molecule has 1 saturated heterocycles. The quantitative estimate of drug-likeness (QED) is 0.672. The van der Waals surface area contributed by atoms with Gasteiger partial charge >= 0.3 is 0 Å². The molecule has 0 saturated carbocycles. The molecule has 32 heavy (non-hydrogen) atoms. The molecule has 2 aromatic carbocycles. The Labute approximate surface area is 197 Å².